The molecule has 1 aliphatic heterocycles. The van der Waals surface area contributed by atoms with E-state index in [2.05, 4.69) is 27.5 Å². The van der Waals surface area contributed by atoms with Crippen molar-refractivity contribution in [3.8, 4) is 5.88 Å². The fraction of sp³-hybridized carbons (Fsp3) is 0.364. The summed E-state index contributed by atoms with van der Waals surface area (Å²) in [6.45, 7) is 0.981. The van der Waals surface area contributed by atoms with Crippen molar-refractivity contribution in [2.45, 2.75) is 44.6 Å². The fourth-order valence-corrected chi connectivity index (χ4v) is 3.77. The molecule has 0 aliphatic carbocycles. The van der Waals surface area contributed by atoms with Gasteiger partial charge in [-0.05, 0) is 61.4 Å². The summed E-state index contributed by atoms with van der Waals surface area (Å²) in [7, 11) is 0. The SMILES string of the molecule is O=C(O)C[C@@H](c1ccc(O)nc1)n1ccc(CCCc2ccc3c(n2)NCCC3)n1. The van der Waals surface area contributed by atoms with Crippen LogP contribution < -0.4 is 5.32 Å². The molecule has 0 saturated carbocycles. The van der Waals surface area contributed by atoms with Gasteiger partial charge >= 0.3 is 5.97 Å². The van der Waals surface area contributed by atoms with Crippen LogP contribution in [0.4, 0.5) is 5.82 Å². The molecular weight excluding hydrogens is 382 g/mol. The number of anilines is 1. The van der Waals surface area contributed by atoms with Gasteiger partial charge in [0.25, 0.3) is 0 Å². The Morgan fingerprint density at radius 1 is 1.17 bits per heavy atom. The van der Waals surface area contributed by atoms with Crippen LogP contribution >= 0.6 is 0 Å². The molecule has 156 valence electrons. The predicted molar refractivity (Wildman–Crippen MR) is 112 cm³/mol. The molecular formula is C22H25N5O3. The zero-order valence-corrected chi connectivity index (χ0v) is 16.7. The molecule has 0 aromatic carbocycles. The number of aromatic nitrogens is 4. The summed E-state index contributed by atoms with van der Waals surface area (Å²) in [5, 5.41) is 26.6. The number of carboxylic acids is 1. The maximum atomic E-state index is 11.3. The van der Waals surface area contributed by atoms with E-state index in [4.69, 9.17) is 4.98 Å². The summed E-state index contributed by atoms with van der Waals surface area (Å²) >= 11 is 0. The van der Waals surface area contributed by atoms with Crippen molar-refractivity contribution >= 4 is 11.8 Å². The van der Waals surface area contributed by atoms with Crippen LogP contribution in [0.2, 0.25) is 0 Å². The van der Waals surface area contributed by atoms with Gasteiger partial charge in [0.2, 0.25) is 5.88 Å². The first-order chi connectivity index (χ1) is 14.6. The summed E-state index contributed by atoms with van der Waals surface area (Å²) in [6.07, 6.45) is 7.97. The van der Waals surface area contributed by atoms with Gasteiger partial charge in [0.1, 0.15) is 5.82 Å². The second-order valence-corrected chi connectivity index (χ2v) is 7.54. The molecule has 30 heavy (non-hydrogen) atoms. The molecule has 3 aromatic rings. The van der Waals surface area contributed by atoms with E-state index in [0.29, 0.717) is 5.56 Å². The van der Waals surface area contributed by atoms with Gasteiger partial charge in [-0.3, -0.25) is 9.48 Å². The van der Waals surface area contributed by atoms with Crippen molar-refractivity contribution in [1.29, 1.82) is 0 Å². The first-order valence-electron chi connectivity index (χ1n) is 10.2. The molecule has 1 atom stereocenters. The molecule has 0 spiro atoms. The minimum absolute atomic E-state index is 0.0973. The number of aromatic hydroxyl groups is 1. The third-order valence-electron chi connectivity index (χ3n) is 5.32. The van der Waals surface area contributed by atoms with Crippen LogP contribution in [0.15, 0.2) is 42.7 Å². The van der Waals surface area contributed by atoms with E-state index < -0.39 is 12.0 Å². The Labute approximate surface area is 174 Å². The second kappa shape index (κ2) is 8.94. The third kappa shape index (κ3) is 4.76. The number of aliphatic carboxylic acids is 1. The highest BCUT2D eigenvalue weighted by atomic mass is 16.4. The van der Waals surface area contributed by atoms with E-state index in [1.54, 1.807) is 16.9 Å². The van der Waals surface area contributed by atoms with Crippen LogP contribution in [0.25, 0.3) is 0 Å². The minimum atomic E-state index is -0.919. The van der Waals surface area contributed by atoms with Gasteiger partial charge in [-0.25, -0.2) is 9.97 Å². The minimum Gasteiger partial charge on any atom is -0.493 e. The zero-order valence-electron chi connectivity index (χ0n) is 16.7. The van der Waals surface area contributed by atoms with Crippen molar-refractivity contribution in [3.63, 3.8) is 0 Å². The topological polar surface area (TPSA) is 113 Å². The van der Waals surface area contributed by atoms with Crippen LogP contribution in [-0.2, 0) is 24.1 Å². The second-order valence-electron chi connectivity index (χ2n) is 7.54. The normalized spacial score (nSPS) is 14.0. The Morgan fingerprint density at radius 2 is 2.03 bits per heavy atom. The largest absolute Gasteiger partial charge is 0.493 e. The molecule has 1 aliphatic rings. The number of nitrogens with one attached hydrogen (secondary N) is 1. The molecule has 8 heteroatoms. The lowest BCUT2D eigenvalue weighted by Gasteiger charge is -2.17. The Balaban J connectivity index is 1.40. The highest BCUT2D eigenvalue weighted by molar-refractivity contribution is 5.68. The summed E-state index contributed by atoms with van der Waals surface area (Å²) in [5.41, 5.74) is 3.96. The van der Waals surface area contributed by atoms with Crippen molar-refractivity contribution < 1.29 is 15.0 Å². The summed E-state index contributed by atoms with van der Waals surface area (Å²) in [4.78, 5) is 19.9. The first-order valence-corrected chi connectivity index (χ1v) is 10.2. The molecule has 0 saturated heterocycles. The zero-order chi connectivity index (χ0) is 20.9. The molecule has 4 heterocycles. The highest BCUT2D eigenvalue weighted by Crippen LogP contribution is 2.23. The van der Waals surface area contributed by atoms with Crippen molar-refractivity contribution in [1.82, 2.24) is 19.7 Å². The molecule has 0 fully saturated rings. The highest BCUT2D eigenvalue weighted by Gasteiger charge is 2.19. The lowest BCUT2D eigenvalue weighted by molar-refractivity contribution is -0.137. The van der Waals surface area contributed by atoms with Crippen molar-refractivity contribution in [2.24, 2.45) is 0 Å². The van der Waals surface area contributed by atoms with Crippen LogP contribution in [0.5, 0.6) is 5.88 Å². The van der Waals surface area contributed by atoms with Crippen LogP contribution in [0, 0.1) is 0 Å². The van der Waals surface area contributed by atoms with Gasteiger partial charge in [-0.2, -0.15) is 5.10 Å². The maximum Gasteiger partial charge on any atom is 0.305 e. The number of fused-ring (bicyclic) bond motifs is 1. The van der Waals surface area contributed by atoms with E-state index in [-0.39, 0.29) is 12.3 Å². The Morgan fingerprint density at radius 3 is 2.83 bits per heavy atom. The van der Waals surface area contributed by atoms with Gasteiger partial charge in [-0.15, -0.1) is 0 Å². The van der Waals surface area contributed by atoms with Gasteiger partial charge in [0, 0.05) is 30.7 Å². The number of hydrogen-bond donors (Lipinski definition) is 3. The van der Waals surface area contributed by atoms with E-state index >= 15 is 0 Å². The summed E-state index contributed by atoms with van der Waals surface area (Å²) in [5.74, 6) is -0.000710. The lowest BCUT2D eigenvalue weighted by atomic mass is 10.1. The Hall–Kier alpha value is -3.42. The molecule has 0 unspecified atom stereocenters. The van der Waals surface area contributed by atoms with Gasteiger partial charge in [0.05, 0.1) is 18.2 Å². The Kier molecular flexibility index (Phi) is 5.92. The monoisotopic (exact) mass is 407 g/mol. The van der Waals surface area contributed by atoms with Gasteiger partial charge in [0.15, 0.2) is 0 Å². The number of hydrogen-bond acceptors (Lipinski definition) is 6. The number of rotatable bonds is 8. The first kappa shape index (κ1) is 19.9. The molecule has 8 nitrogen and oxygen atoms in total. The van der Waals surface area contributed by atoms with Crippen molar-refractivity contribution in [2.75, 3.05) is 11.9 Å². The van der Waals surface area contributed by atoms with Crippen LogP contribution in [-0.4, -0.2) is 42.5 Å². The molecule has 0 bridgehead atoms. The fourth-order valence-electron chi connectivity index (χ4n) is 3.77. The number of nitrogens with zero attached hydrogens (tertiary/aromatic N) is 4. The third-order valence-corrected chi connectivity index (χ3v) is 5.32. The molecule has 0 amide bonds. The molecule has 3 N–H and O–H groups in total. The quantitative estimate of drug-likeness (QED) is 0.526. The van der Waals surface area contributed by atoms with E-state index in [1.165, 1.54) is 17.8 Å². The van der Waals surface area contributed by atoms with E-state index in [1.807, 2.05) is 6.07 Å². The van der Waals surface area contributed by atoms with Crippen LogP contribution in [0.3, 0.4) is 0 Å². The van der Waals surface area contributed by atoms with Gasteiger partial charge in [-0.1, -0.05) is 6.07 Å². The summed E-state index contributed by atoms with van der Waals surface area (Å²) in [6, 6.07) is 8.84. The van der Waals surface area contributed by atoms with Crippen LogP contribution in [0.1, 0.15) is 47.8 Å². The smallest absolute Gasteiger partial charge is 0.305 e. The van der Waals surface area contributed by atoms with E-state index in [0.717, 1.165) is 55.9 Å². The molecule has 0 radical (unpaired) electrons. The number of carbonyl (C=O) groups is 1. The number of pyridine rings is 2. The molecule has 3 aromatic heterocycles. The summed E-state index contributed by atoms with van der Waals surface area (Å²) < 4.78 is 1.67. The number of carboxylic acid groups (broad SMARTS) is 1. The standard InChI is InChI=1S/C22H25N5O3/c28-20-9-7-16(14-24-20)19(13-21(29)30)27-12-10-18(26-27)5-1-4-17-8-6-15-3-2-11-23-22(15)25-17/h6-10,12,14,19H,1-5,11,13H2,(H,23,25)(H,24,28)(H,29,30)/t19-/m0/s1. The lowest BCUT2D eigenvalue weighted by Crippen LogP contribution is -2.16. The average Bonchev–Trinajstić information content (AvgIpc) is 3.21. The predicted octanol–water partition coefficient (Wildman–Crippen LogP) is 2.98. The van der Waals surface area contributed by atoms with Crippen molar-refractivity contribution in [3.05, 3.63) is 65.2 Å². The molecule has 4 rings (SSSR count). The maximum absolute atomic E-state index is 11.3. The van der Waals surface area contributed by atoms with Gasteiger partial charge < -0.3 is 15.5 Å². The number of aryl methyl sites for hydroxylation is 3. The average molecular weight is 407 g/mol. The van der Waals surface area contributed by atoms with E-state index in [9.17, 15) is 15.0 Å². The Bertz CT molecular complexity index is 1020.